The van der Waals surface area contributed by atoms with E-state index in [9.17, 15) is 4.79 Å². The number of fused-ring (bicyclic) bond motifs is 5. The maximum Gasteiger partial charge on any atom is 0.243 e. The molecule has 1 saturated heterocycles. The van der Waals surface area contributed by atoms with E-state index in [0.717, 1.165) is 97.5 Å². The maximum absolute atomic E-state index is 12.4. The Kier molecular flexibility index (Phi) is 10.6. The van der Waals surface area contributed by atoms with Crippen LogP contribution in [0.3, 0.4) is 0 Å². The van der Waals surface area contributed by atoms with Crippen LogP contribution < -0.4 is 10.2 Å². The van der Waals surface area contributed by atoms with Crippen LogP contribution in [0.2, 0.25) is 5.02 Å². The molecule has 2 N–H and O–H groups in total. The Balaban J connectivity index is 0.755. The molecule has 7 rings (SSSR count). The van der Waals surface area contributed by atoms with Crippen molar-refractivity contribution < 1.29 is 4.79 Å². The van der Waals surface area contributed by atoms with Gasteiger partial charge in [0.15, 0.2) is 0 Å². The highest BCUT2D eigenvalue weighted by Crippen LogP contribution is 2.48. The van der Waals surface area contributed by atoms with Crippen LogP contribution >= 0.6 is 23.4 Å². The molecule has 48 heavy (non-hydrogen) atoms. The molecule has 2 aliphatic heterocycles. The summed E-state index contributed by atoms with van der Waals surface area (Å²) in [6.07, 6.45) is 12.9. The van der Waals surface area contributed by atoms with Crippen molar-refractivity contribution in [2.45, 2.75) is 41.9 Å². The van der Waals surface area contributed by atoms with Gasteiger partial charge in [0.2, 0.25) is 5.91 Å². The molecule has 0 unspecified atom stereocenters. The van der Waals surface area contributed by atoms with E-state index in [4.69, 9.17) is 11.6 Å². The van der Waals surface area contributed by atoms with Gasteiger partial charge in [-0.2, -0.15) is 0 Å². The molecule has 0 saturated carbocycles. The predicted molar refractivity (Wildman–Crippen MR) is 201 cm³/mol. The first kappa shape index (κ1) is 32.7. The van der Waals surface area contributed by atoms with Crippen molar-refractivity contribution >= 4 is 68.5 Å². The van der Waals surface area contributed by atoms with Crippen molar-refractivity contribution in [1.82, 2.24) is 25.1 Å². The van der Waals surface area contributed by atoms with E-state index in [-0.39, 0.29) is 5.91 Å². The fourth-order valence-corrected chi connectivity index (χ4v) is 8.10. The summed E-state index contributed by atoms with van der Waals surface area (Å²) < 4.78 is 0. The number of carbonyl (C=O) groups is 1. The van der Waals surface area contributed by atoms with Crippen molar-refractivity contribution in [2.75, 3.05) is 57.3 Å². The molecule has 2 aromatic heterocycles. The topological polar surface area (TPSA) is 67.5 Å². The fourth-order valence-electron chi connectivity index (χ4n) is 6.86. The van der Waals surface area contributed by atoms with E-state index in [1.165, 1.54) is 40.6 Å². The number of nitrogens with one attached hydrogen (secondary N) is 2. The summed E-state index contributed by atoms with van der Waals surface area (Å²) in [7, 11) is 0. The molecule has 1 amide bonds. The molecule has 2 aliphatic rings. The van der Waals surface area contributed by atoms with Crippen LogP contribution in [0.25, 0.3) is 27.9 Å². The Bertz CT molecular complexity index is 1900. The Morgan fingerprint density at radius 1 is 0.812 bits per heavy atom. The minimum atomic E-state index is -0.0391. The quantitative estimate of drug-likeness (QED) is 0.0964. The van der Waals surface area contributed by atoms with Crippen LogP contribution in [0.5, 0.6) is 0 Å². The number of aromatic nitrogens is 2. The molecule has 0 bridgehead atoms. The second kappa shape index (κ2) is 15.6. The van der Waals surface area contributed by atoms with E-state index in [1.807, 2.05) is 42.2 Å². The number of anilines is 2. The number of nitrogens with zero attached hydrogens (tertiary/aromatic N) is 4. The molecule has 7 nitrogen and oxygen atoms in total. The SMILES string of the molecule is O=C(C=Cc1ccc2c(c1)[nH]c1ccncc12)NCCCCCCN1CCN(CCCN2c3ccccc3Sc3ccc(Cl)cc32)CC1. The number of halogens is 1. The van der Waals surface area contributed by atoms with E-state index in [1.54, 1.807) is 12.3 Å². The van der Waals surface area contributed by atoms with Gasteiger partial charge in [0, 0.05) is 94.4 Å². The number of hydrogen-bond acceptors (Lipinski definition) is 6. The molecule has 4 heterocycles. The Morgan fingerprint density at radius 3 is 2.48 bits per heavy atom. The molecular weight excluding hydrogens is 636 g/mol. The molecule has 0 spiro atoms. The highest BCUT2D eigenvalue weighted by Gasteiger charge is 2.24. The third-order valence-corrected chi connectivity index (χ3v) is 10.8. The second-order valence-corrected chi connectivity index (χ2v) is 14.3. The zero-order valence-corrected chi connectivity index (χ0v) is 28.9. The van der Waals surface area contributed by atoms with Crippen LogP contribution in [0.1, 0.15) is 37.7 Å². The highest BCUT2D eigenvalue weighted by atomic mass is 35.5. The van der Waals surface area contributed by atoms with Crippen LogP contribution in [0, 0.1) is 0 Å². The summed E-state index contributed by atoms with van der Waals surface area (Å²) in [6.45, 7) is 8.57. The third kappa shape index (κ3) is 7.90. The van der Waals surface area contributed by atoms with Gasteiger partial charge in [-0.15, -0.1) is 0 Å². The van der Waals surface area contributed by atoms with Gasteiger partial charge in [0.25, 0.3) is 0 Å². The minimum Gasteiger partial charge on any atom is -0.354 e. The number of rotatable bonds is 13. The summed E-state index contributed by atoms with van der Waals surface area (Å²) in [4.78, 5) is 30.3. The molecule has 0 aliphatic carbocycles. The Labute approximate surface area is 292 Å². The van der Waals surface area contributed by atoms with Crippen LogP contribution in [-0.4, -0.2) is 78.0 Å². The van der Waals surface area contributed by atoms with Crippen LogP contribution in [0.4, 0.5) is 11.4 Å². The smallest absolute Gasteiger partial charge is 0.243 e. The molecule has 1 fully saturated rings. The van der Waals surface area contributed by atoms with Crippen molar-refractivity contribution in [2.24, 2.45) is 0 Å². The Hall–Kier alpha value is -3.82. The van der Waals surface area contributed by atoms with Crippen LogP contribution in [-0.2, 0) is 4.79 Å². The monoisotopic (exact) mass is 678 g/mol. The van der Waals surface area contributed by atoms with Crippen LogP contribution in [0.15, 0.2) is 95.0 Å². The summed E-state index contributed by atoms with van der Waals surface area (Å²) in [5.74, 6) is -0.0391. The molecule has 5 aromatic rings. The van der Waals surface area contributed by atoms with E-state index in [0.29, 0.717) is 0 Å². The lowest BCUT2D eigenvalue weighted by molar-refractivity contribution is -0.116. The van der Waals surface area contributed by atoms with Gasteiger partial charge >= 0.3 is 0 Å². The zero-order chi connectivity index (χ0) is 32.7. The highest BCUT2D eigenvalue weighted by molar-refractivity contribution is 7.99. The zero-order valence-electron chi connectivity index (χ0n) is 27.3. The standard InChI is InChI=1S/C39H43ClN6OS/c40-30-12-14-38-36(27-30)46(35-8-3-4-9-37(35)48-38)21-7-20-45-24-22-44(23-25-45)19-6-2-1-5-17-42-39(47)15-11-29-10-13-31-32-28-41-18-16-33(32)43-34(31)26-29/h3-4,8-16,18,26-28,43H,1-2,5-7,17,19-25H2,(H,42,47). The van der Waals surface area contributed by atoms with Gasteiger partial charge in [0.1, 0.15) is 0 Å². The second-order valence-electron chi connectivity index (χ2n) is 12.8. The molecule has 0 radical (unpaired) electrons. The number of aromatic amines is 1. The third-order valence-electron chi connectivity index (χ3n) is 9.46. The van der Waals surface area contributed by atoms with Gasteiger partial charge in [-0.1, -0.05) is 60.5 Å². The first-order valence-corrected chi connectivity index (χ1v) is 18.4. The Morgan fingerprint density at radius 2 is 1.60 bits per heavy atom. The summed E-state index contributed by atoms with van der Waals surface area (Å²) in [5, 5.41) is 6.09. The molecular formula is C39H43ClN6OS. The normalized spacial score (nSPS) is 15.3. The lowest BCUT2D eigenvalue weighted by atomic mass is 10.1. The minimum absolute atomic E-state index is 0.0391. The average Bonchev–Trinajstić information content (AvgIpc) is 3.49. The number of amides is 1. The number of carbonyl (C=O) groups excluding carboxylic acids is 1. The maximum atomic E-state index is 12.4. The fraction of sp³-hybridized carbons (Fsp3) is 0.333. The average molecular weight is 679 g/mol. The van der Waals surface area contributed by atoms with E-state index < -0.39 is 0 Å². The van der Waals surface area contributed by atoms with Gasteiger partial charge < -0.3 is 25.0 Å². The van der Waals surface area contributed by atoms with E-state index in [2.05, 4.69) is 78.5 Å². The number of pyridine rings is 1. The lowest BCUT2D eigenvalue weighted by Gasteiger charge is -2.36. The van der Waals surface area contributed by atoms with Gasteiger partial charge in [-0.3, -0.25) is 9.78 Å². The lowest BCUT2D eigenvalue weighted by Crippen LogP contribution is -2.47. The molecule has 248 valence electrons. The molecule has 9 heteroatoms. The number of para-hydroxylation sites is 1. The summed E-state index contributed by atoms with van der Waals surface area (Å²) in [6, 6.07) is 23.1. The van der Waals surface area contributed by atoms with Crippen molar-refractivity contribution in [1.29, 1.82) is 0 Å². The van der Waals surface area contributed by atoms with Crippen molar-refractivity contribution in [3.05, 3.63) is 95.8 Å². The first-order chi connectivity index (χ1) is 23.6. The summed E-state index contributed by atoms with van der Waals surface area (Å²) in [5.41, 5.74) is 5.63. The molecule has 0 atom stereocenters. The number of H-pyrrole nitrogens is 1. The largest absolute Gasteiger partial charge is 0.354 e. The van der Waals surface area contributed by atoms with Crippen molar-refractivity contribution in [3.63, 3.8) is 0 Å². The van der Waals surface area contributed by atoms with Crippen molar-refractivity contribution in [3.8, 4) is 0 Å². The van der Waals surface area contributed by atoms with Gasteiger partial charge in [-0.05, 0) is 86.5 Å². The molecule has 3 aromatic carbocycles. The van der Waals surface area contributed by atoms with E-state index >= 15 is 0 Å². The number of hydrogen-bond donors (Lipinski definition) is 2. The number of benzene rings is 3. The summed E-state index contributed by atoms with van der Waals surface area (Å²) >= 11 is 8.23. The number of piperazine rings is 1. The first-order valence-electron chi connectivity index (χ1n) is 17.2. The van der Waals surface area contributed by atoms with Gasteiger partial charge in [-0.25, -0.2) is 0 Å². The van der Waals surface area contributed by atoms with Gasteiger partial charge in [0.05, 0.1) is 11.4 Å². The predicted octanol–water partition coefficient (Wildman–Crippen LogP) is 8.37. The number of unbranched alkanes of at least 4 members (excludes halogenated alkanes) is 3.